The van der Waals surface area contributed by atoms with Crippen molar-refractivity contribution in [2.45, 2.75) is 64.5 Å². The van der Waals surface area contributed by atoms with Crippen LogP contribution in [0.5, 0.6) is 0 Å². The van der Waals surface area contributed by atoms with Gasteiger partial charge in [0.25, 0.3) is 0 Å². The fourth-order valence-corrected chi connectivity index (χ4v) is 3.42. The van der Waals surface area contributed by atoms with Crippen LogP contribution in [0.3, 0.4) is 0 Å². The van der Waals surface area contributed by atoms with Gasteiger partial charge in [-0.2, -0.15) is 0 Å². The highest BCUT2D eigenvalue weighted by Crippen LogP contribution is 2.26. The monoisotopic (exact) mass is 295 g/mol. The average molecular weight is 295 g/mol. The molecule has 0 radical (unpaired) electrons. The quantitative estimate of drug-likeness (QED) is 0.821. The van der Waals surface area contributed by atoms with Gasteiger partial charge in [0.15, 0.2) is 0 Å². The standard InChI is InChI=1S/C16H29N3O2/c1-12-11-19(9-8-17-12)16(21)13(2)18-15(20)10-14-6-4-3-5-7-14/h12-14,17H,3-11H2,1-2H3,(H,18,20). The Morgan fingerprint density at radius 3 is 2.67 bits per heavy atom. The Bertz CT molecular complexity index is 367. The molecular weight excluding hydrogens is 266 g/mol. The molecule has 1 aliphatic heterocycles. The van der Waals surface area contributed by atoms with E-state index in [0.29, 0.717) is 18.4 Å². The Balaban J connectivity index is 1.75. The predicted octanol–water partition coefficient (Wildman–Crippen LogP) is 1.28. The van der Waals surface area contributed by atoms with E-state index in [4.69, 9.17) is 0 Å². The van der Waals surface area contributed by atoms with E-state index in [0.717, 1.165) is 32.5 Å². The maximum absolute atomic E-state index is 12.4. The summed E-state index contributed by atoms with van der Waals surface area (Å²) < 4.78 is 0. The number of piperazine rings is 1. The molecule has 2 amide bonds. The summed E-state index contributed by atoms with van der Waals surface area (Å²) in [6.07, 6.45) is 6.68. The van der Waals surface area contributed by atoms with Crippen molar-refractivity contribution in [2.24, 2.45) is 5.92 Å². The number of hydrogen-bond acceptors (Lipinski definition) is 3. The van der Waals surface area contributed by atoms with Gasteiger partial charge in [-0.1, -0.05) is 19.3 Å². The van der Waals surface area contributed by atoms with Crippen molar-refractivity contribution in [2.75, 3.05) is 19.6 Å². The first kappa shape index (κ1) is 16.3. The number of hydrogen-bond donors (Lipinski definition) is 2. The van der Waals surface area contributed by atoms with Crippen molar-refractivity contribution < 1.29 is 9.59 Å². The topological polar surface area (TPSA) is 61.4 Å². The molecule has 2 N–H and O–H groups in total. The molecule has 2 unspecified atom stereocenters. The molecule has 5 heteroatoms. The first-order valence-electron chi connectivity index (χ1n) is 8.38. The highest BCUT2D eigenvalue weighted by atomic mass is 16.2. The molecule has 5 nitrogen and oxygen atoms in total. The number of carbonyl (C=O) groups is 2. The van der Waals surface area contributed by atoms with Gasteiger partial charge in [-0.15, -0.1) is 0 Å². The molecule has 2 atom stereocenters. The van der Waals surface area contributed by atoms with Crippen LogP contribution in [-0.2, 0) is 9.59 Å². The molecule has 2 aliphatic rings. The van der Waals surface area contributed by atoms with Gasteiger partial charge >= 0.3 is 0 Å². The first-order valence-corrected chi connectivity index (χ1v) is 8.38. The molecule has 120 valence electrons. The van der Waals surface area contributed by atoms with E-state index in [-0.39, 0.29) is 11.8 Å². The van der Waals surface area contributed by atoms with Crippen LogP contribution in [0, 0.1) is 5.92 Å². The Kier molecular flexibility index (Phi) is 6.03. The minimum absolute atomic E-state index is 0.0333. The third kappa shape index (κ3) is 4.99. The summed E-state index contributed by atoms with van der Waals surface area (Å²) in [4.78, 5) is 26.3. The molecule has 1 saturated heterocycles. The molecular formula is C16H29N3O2. The van der Waals surface area contributed by atoms with Gasteiger partial charge in [0.2, 0.25) is 11.8 Å². The molecule has 1 saturated carbocycles. The molecule has 0 spiro atoms. The number of rotatable bonds is 4. The summed E-state index contributed by atoms with van der Waals surface area (Å²) in [6, 6.07) is -0.0840. The van der Waals surface area contributed by atoms with Gasteiger partial charge in [0.1, 0.15) is 6.04 Å². The molecule has 21 heavy (non-hydrogen) atoms. The van der Waals surface area contributed by atoms with Crippen LogP contribution in [-0.4, -0.2) is 48.4 Å². The summed E-state index contributed by atoms with van der Waals surface area (Å²) >= 11 is 0. The van der Waals surface area contributed by atoms with Gasteiger partial charge < -0.3 is 15.5 Å². The minimum Gasteiger partial charge on any atom is -0.345 e. The Morgan fingerprint density at radius 1 is 1.29 bits per heavy atom. The smallest absolute Gasteiger partial charge is 0.244 e. The third-order valence-corrected chi connectivity index (χ3v) is 4.63. The van der Waals surface area contributed by atoms with E-state index in [1.54, 1.807) is 6.92 Å². The van der Waals surface area contributed by atoms with Crippen LogP contribution in [0.25, 0.3) is 0 Å². The zero-order valence-corrected chi connectivity index (χ0v) is 13.4. The van der Waals surface area contributed by atoms with Crippen molar-refractivity contribution in [1.82, 2.24) is 15.5 Å². The van der Waals surface area contributed by atoms with Crippen molar-refractivity contribution in [3.63, 3.8) is 0 Å². The lowest BCUT2D eigenvalue weighted by molar-refractivity contribution is -0.137. The van der Waals surface area contributed by atoms with E-state index >= 15 is 0 Å². The predicted molar refractivity (Wildman–Crippen MR) is 82.8 cm³/mol. The lowest BCUT2D eigenvalue weighted by atomic mass is 9.87. The van der Waals surface area contributed by atoms with Crippen LogP contribution in [0.2, 0.25) is 0 Å². The second kappa shape index (κ2) is 7.78. The van der Waals surface area contributed by atoms with Crippen molar-refractivity contribution >= 4 is 11.8 Å². The van der Waals surface area contributed by atoms with E-state index in [9.17, 15) is 9.59 Å². The molecule has 0 aromatic rings. The van der Waals surface area contributed by atoms with Crippen LogP contribution in [0.4, 0.5) is 0 Å². The Morgan fingerprint density at radius 2 is 2.00 bits per heavy atom. The highest BCUT2D eigenvalue weighted by Gasteiger charge is 2.26. The zero-order chi connectivity index (χ0) is 15.2. The largest absolute Gasteiger partial charge is 0.345 e. The second-order valence-electron chi connectivity index (χ2n) is 6.64. The SMILES string of the molecule is CC1CN(C(=O)C(C)NC(=O)CC2CCCCC2)CCN1. The summed E-state index contributed by atoms with van der Waals surface area (Å²) in [7, 11) is 0. The van der Waals surface area contributed by atoms with Gasteiger partial charge in [0, 0.05) is 32.1 Å². The fraction of sp³-hybridized carbons (Fsp3) is 0.875. The molecule has 2 fully saturated rings. The first-order chi connectivity index (χ1) is 10.1. The van der Waals surface area contributed by atoms with Gasteiger partial charge in [-0.05, 0) is 32.6 Å². The number of carbonyl (C=O) groups excluding carboxylic acids is 2. The summed E-state index contributed by atoms with van der Waals surface area (Å²) in [6.45, 7) is 6.16. The molecule has 2 rings (SSSR count). The van der Waals surface area contributed by atoms with Crippen LogP contribution in [0.15, 0.2) is 0 Å². The number of amides is 2. The van der Waals surface area contributed by atoms with Crippen molar-refractivity contribution in [1.29, 1.82) is 0 Å². The molecule has 1 heterocycles. The van der Waals surface area contributed by atoms with E-state index in [1.165, 1.54) is 19.3 Å². The van der Waals surface area contributed by atoms with Gasteiger partial charge in [-0.3, -0.25) is 9.59 Å². The Labute approximate surface area is 127 Å². The molecule has 0 bridgehead atoms. The summed E-state index contributed by atoms with van der Waals surface area (Å²) in [5.74, 6) is 0.589. The summed E-state index contributed by atoms with van der Waals surface area (Å²) in [5, 5.41) is 6.21. The van der Waals surface area contributed by atoms with Crippen molar-refractivity contribution in [3.05, 3.63) is 0 Å². The third-order valence-electron chi connectivity index (χ3n) is 4.63. The maximum atomic E-state index is 12.4. The normalized spacial score (nSPS) is 25.4. The zero-order valence-electron chi connectivity index (χ0n) is 13.4. The van der Waals surface area contributed by atoms with Crippen LogP contribution in [0.1, 0.15) is 52.4 Å². The van der Waals surface area contributed by atoms with Crippen LogP contribution < -0.4 is 10.6 Å². The van der Waals surface area contributed by atoms with E-state index in [2.05, 4.69) is 17.6 Å². The highest BCUT2D eigenvalue weighted by molar-refractivity contribution is 5.87. The molecule has 0 aromatic carbocycles. The number of nitrogens with one attached hydrogen (secondary N) is 2. The minimum atomic E-state index is -0.411. The lowest BCUT2D eigenvalue weighted by Crippen LogP contribution is -2.56. The molecule has 1 aliphatic carbocycles. The summed E-state index contributed by atoms with van der Waals surface area (Å²) in [5.41, 5.74) is 0. The number of nitrogens with zero attached hydrogens (tertiary/aromatic N) is 1. The second-order valence-corrected chi connectivity index (χ2v) is 6.64. The average Bonchev–Trinajstić information content (AvgIpc) is 2.47. The van der Waals surface area contributed by atoms with Gasteiger partial charge in [0.05, 0.1) is 0 Å². The fourth-order valence-electron chi connectivity index (χ4n) is 3.42. The van der Waals surface area contributed by atoms with E-state index < -0.39 is 6.04 Å². The van der Waals surface area contributed by atoms with Crippen LogP contribution >= 0.6 is 0 Å². The maximum Gasteiger partial charge on any atom is 0.244 e. The van der Waals surface area contributed by atoms with E-state index in [1.807, 2.05) is 4.90 Å². The molecule has 0 aromatic heterocycles. The lowest BCUT2D eigenvalue weighted by Gasteiger charge is -2.33. The van der Waals surface area contributed by atoms with Gasteiger partial charge in [-0.25, -0.2) is 0 Å². The Hall–Kier alpha value is -1.10. The van der Waals surface area contributed by atoms with Crippen molar-refractivity contribution in [3.8, 4) is 0 Å².